The molecular weight excluding hydrogens is 799 g/mol. The summed E-state index contributed by atoms with van der Waals surface area (Å²) in [6.07, 6.45) is 0. The van der Waals surface area contributed by atoms with Crippen molar-refractivity contribution >= 4 is 65.4 Å². The van der Waals surface area contributed by atoms with Crippen LogP contribution in [0.25, 0.3) is 116 Å². The van der Waals surface area contributed by atoms with Crippen molar-refractivity contribution in [3.63, 3.8) is 0 Å². The molecule has 1 aliphatic carbocycles. The first kappa shape index (κ1) is 37.0. The summed E-state index contributed by atoms with van der Waals surface area (Å²) >= 11 is 0. The highest BCUT2D eigenvalue weighted by atomic mass is 15.0. The molecule has 0 radical (unpaired) electrons. The normalized spacial score (nSPS) is 13.1. The van der Waals surface area contributed by atoms with Gasteiger partial charge in [0.05, 0.1) is 33.1 Å². The van der Waals surface area contributed by atoms with Gasteiger partial charge in [0, 0.05) is 54.8 Å². The summed E-state index contributed by atoms with van der Waals surface area (Å²) in [6, 6.07) is 83.3. The van der Waals surface area contributed by atoms with Crippen LogP contribution in [0.1, 0.15) is 25.0 Å². The van der Waals surface area contributed by atoms with E-state index in [0.29, 0.717) is 0 Å². The molecule has 3 nitrogen and oxygen atoms in total. The Kier molecular flexibility index (Phi) is 7.74. The fraction of sp³-hybridized carbons (Fsp3) is 0.0476. The monoisotopic (exact) mass is 841 g/mol. The molecule has 0 N–H and O–H groups in total. The van der Waals surface area contributed by atoms with Crippen LogP contribution in [0, 0.1) is 0 Å². The Labute approximate surface area is 382 Å². The van der Waals surface area contributed by atoms with Crippen LogP contribution in [0.5, 0.6) is 0 Å². The number of aromatic nitrogens is 3. The molecular formula is C63H43N3. The van der Waals surface area contributed by atoms with E-state index in [1.807, 2.05) is 0 Å². The van der Waals surface area contributed by atoms with Crippen LogP contribution in [0.3, 0.4) is 0 Å². The molecule has 0 unspecified atom stereocenters. The lowest BCUT2D eigenvalue weighted by molar-refractivity contribution is 0.661. The lowest BCUT2D eigenvalue weighted by Crippen LogP contribution is -2.15. The highest BCUT2D eigenvalue weighted by Gasteiger charge is 2.36. The number of hydrogen-bond donors (Lipinski definition) is 0. The van der Waals surface area contributed by atoms with Crippen molar-refractivity contribution in [1.82, 2.24) is 13.7 Å². The second kappa shape index (κ2) is 13.8. The van der Waals surface area contributed by atoms with Crippen LogP contribution in [0.15, 0.2) is 224 Å². The summed E-state index contributed by atoms with van der Waals surface area (Å²) in [6.45, 7) is 4.76. The van der Waals surface area contributed by atoms with Crippen molar-refractivity contribution in [3.8, 4) is 50.4 Å². The van der Waals surface area contributed by atoms with Crippen LogP contribution in [-0.4, -0.2) is 13.7 Å². The van der Waals surface area contributed by atoms with Crippen molar-refractivity contribution in [1.29, 1.82) is 0 Å². The third-order valence-electron chi connectivity index (χ3n) is 14.6. The summed E-state index contributed by atoms with van der Waals surface area (Å²) in [5.74, 6) is 0. The number of fused-ring (bicyclic) bond motifs is 12. The van der Waals surface area contributed by atoms with Crippen molar-refractivity contribution in [3.05, 3.63) is 236 Å². The predicted molar refractivity (Wildman–Crippen MR) is 278 cm³/mol. The number of hydrogen-bond acceptors (Lipinski definition) is 0. The van der Waals surface area contributed by atoms with Gasteiger partial charge in [0.15, 0.2) is 0 Å². The number of rotatable bonds is 5. The molecule has 1 aliphatic rings. The first-order valence-electron chi connectivity index (χ1n) is 23.0. The summed E-state index contributed by atoms with van der Waals surface area (Å²) in [4.78, 5) is 0. The maximum absolute atomic E-state index is 2.52. The first-order chi connectivity index (χ1) is 32.5. The van der Waals surface area contributed by atoms with Crippen molar-refractivity contribution < 1.29 is 0 Å². The Bertz CT molecular complexity index is 3950. The van der Waals surface area contributed by atoms with Gasteiger partial charge in [-0.05, 0) is 142 Å². The van der Waals surface area contributed by atoms with Gasteiger partial charge in [-0.2, -0.15) is 0 Å². The third-order valence-corrected chi connectivity index (χ3v) is 14.6. The van der Waals surface area contributed by atoms with Gasteiger partial charge in [-0.1, -0.05) is 141 Å². The zero-order chi connectivity index (χ0) is 43.7. The van der Waals surface area contributed by atoms with Gasteiger partial charge in [-0.25, -0.2) is 0 Å². The van der Waals surface area contributed by atoms with Crippen LogP contribution < -0.4 is 0 Å². The second-order valence-electron chi connectivity index (χ2n) is 18.5. The lowest BCUT2D eigenvalue weighted by Gasteiger charge is -2.22. The summed E-state index contributed by atoms with van der Waals surface area (Å²) in [7, 11) is 0. The van der Waals surface area contributed by atoms with E-state index in [1.54, 1.807) is 0 Å². The van der Waals surface area contributed by atoms with Crippen molar-refractivity contribution in [2.24, 2.45) is 0 Å². The molecule has 0 saturated heterocycles. The minimum absolute atomic E-state index is 0.128. The first-order valence-corrected chi connectivity index (χ1v) is 23.0. The molecule has 0 bridgehead atoms. The molecule has 3 heterocycles. The summed E-state index contributed by atoms with van der Waals surface area (Å²) < 4.78 is 7.32. The molecule has 66 heavy (non-hydrogen) atoms. The van der Waals surface area contributed by atoms with E-state index < -0.39 is 0 Å². The average Bonchev–Trinajstić information content (AvgIpc) is 4.06. The van der Waals surface area contributed by atoms with Crippen LogP contribution >= 0.6 is 0 Å². The Morgan fingerprint density at radius 3 is 1.21 bits per heavy atom. The maximum Gasteiger partial charge on any atom is 0.0544 e. The Morgan fingerprint density at radius 1 is 0.258 bits per heavy atom. The summed E-state index contributed by atoms with van der Waals surface area (Å²) in [5.41, 5.74) is 20.7. The quantitative estimate of drug-likeness (QED) is 0.164. The smallest absolute Gasteiger partial charge is 0.0544 e. The molecule has 3 aromatic heterocycles. The number of nitrogens with zero attached hydrogens (tertiary/aromatic N) is 3. The van der Waals surface area contributed by atoms with Crippen molar-refractivity contribution in [2.75, 3.05) is 0 Å². The van der Waals surface area contributed by atoms with Crippen LogP contribution in [0.2, 0.25) is 0 Å². The van der Waals surface area contributed by atoms with Gasteiger partial charge in [0.2, 0.25) is 0 Å². The van der Waals surface area contributed by atoms with Gasteiger partial charge in [0.1, 0.15) is 0 Å². The minimum atomic E-state index is -0.128. The molecule has 310 valence electrons. The largest absolute Gasteiger partial charge is 0.309 e. The standard InChI is InChI=1S/C63H43N3/c1-63(2)55-25-13-9-21-47(55)51-38-54-50-24-12-16-28-59(50)66(62(54)39-56(51)63)46-34-42(40-29-31-60-52(36-40)48-22-10-14-26-57(48)64(60)44-17-5-3-6-18-44)33-43(35-46)41-30-32-61-53(37-41)49-23-11-15-27-58(49)65(61)45-19-7-4-8-20-45/h3-39H,1-2H3. The predicted octanol–water partition coefficient (Wildman–Crippen LogP) is 16.6. The fourth-order valence-corrected chi connectivity index (χ4v) is 11.5. The van der Waals surface area contributed by atoms with Gasteiger partial charge < -0.3 is 13.7 Å². The van der Waals surface area contributed by atoms with Gasteiger partial charge in [-0.15, -0.1) is 0 Å². The summed E-state index contributed by atoms with van der Waals surface area (Å²) in [5, 5.41) is 7.50. The van der Waals surface area contributed by atoms with E-state index in [-0.39, 0.29) is 5.41 Å². The van der Waals surface area contributed by atoms with E-state index in [0.717, 1.165) is 17.1 Å². The van der Waals surface area contributed by atoms with Crippen LogP contribution in [-0.2, 0) is 5.41 Å². The molecule has 0 aliphatic heterocycles. The number of benzene rings is 10. The highest BCUT2D eigenvalue weighted by Crippen LogP contribution is 2.51. The molecule has 0 amide bonds. The van der Waals surface area contributed by atoms with E-state index in [4.69, 9.17) is 0 Å². The molecule has 0 atom stereocenters. The molecule has 14 rings (SSSR count). The SMILES string of the molecule is CC1(C)c2ccccc2-c2cc3c4ccccc4n(-c4cc(-c5ccc6c(c5)c5ccccc5n6-c5ccccc5)cc(-c5ccc6c(c5)c5ccccc5n6-c5ccccc5)c4)c3cc21. The van der Waals surface area contributed by atoms with Gasteiger partial charge in [0.25, 0.3) is 0 Å². The molecule has 0 saturated carbocycles. The topological polar surface area (TPSA) is 14.8 Å². The Hall–Kier alpha value is -8.40. The zero-order valence-electron chi connectivity index (χ0n) is 36.7. The van der Waals surface area contributed by atoms with Crippen molar-refractivity contribution in [2.45, 2.75) is 19.3 Å². The Morgan fingerprint density at radius 2 is 0.682 bits per heavy atom. The molecule has 10 aromatic carbocycles. The third kappa shape index (κ3) is 5.26. The van der Waals surface area contributed by atoms with E-state index in [1.165, 1.54) is 110 Å². The van der Waals surface area contributed by atoms with Gasteiger partial charge >= 0.3 is 0 Å². The van der Waals surface area contributed by atoms with Gasteiger partial charge in [-0.3, -0.25) is 0 Å². The highest BCUT2D eigenvalue weighted by molar-refractivity contribution is 6.14. The minimum Gasteiger partial charge on any atom is -0.309 e. The molecule has 0 spiro atoms. The molecule has 13 aromatic rings. The second-order valence-corrected chi connectivity index (χ2v) is 18.5. The Balaban J connectivity index is 1.04. The fourth-order valence-electron chi connectivity index (χ4n) is 11.5. The molecule has 0 fully saturated rings. The van der Waals surface area contributed by atoms with E-state index in [2.05, 4.69) is 252 Å². The average molecular weight is 842 g/mol. The van der Waals surface area contributed by atoms with E-state index in [9.17, 15) is 0 Å². The van der Waals surface area contributed by atoms with Crippen LogP contribution in [0.4, 0.5) is 0 Å². The van der Waals surface area contributed by atoms with E-state index >= 15 is 0 Å². The lowest BCUT2D eigenvalue weighted by atomic mass is 9.82. The maximum atomic E-state index is 2.52. The zero-order valence-corrected chi connectivity index (χ0v) is 36.7. The number of para-hydroxylation sites is 5. The molecule has 3 heteroatoms.